The zero-order chi connectivity index (χ0) is 32.6. The Balaban J connectivity index is 1.19. The summed E-state index contributed by atoms with van der Waals surface area (Å²) in [6, 6.07) is 30.2. The van der Waals surface area contributed by atoms with Crippen molar-refractivity contribution in [2.45, 2.75) is 44.9 Å². The van der Waals surface area contributed by atoms with Gasteiger partial charge in [-0.1, -0.05) is 97.8 Å². The number of methoxy groups -OCH3 is 1. The van der Waals surface area contributed by atoms with E-state index in [0.29, 0.717) is 16.5 Å². The van der Waals surface area contributed by atoms with E-state index in [9.17, 15) is 4.79 Å². The van der Waals surface area contributed by atoms with Gasteiger partial charge in [-0.3, -0.25) is 4.79 Å². The van der Waals surface area contributed by atoms with Gasteiger partial charge < -0.3 is 19.4 Å². The topological polar surface area (TPSA) is 65.4 Å². The number of rotatable bonds is 12. The van der Waals surface area contributed by atoms with Crippen molar-refractivity contribution in [2.24, 2.45) is 5.92 Å². The molecule has 1 heterocycles. The summed E-state index contributed by atoms with van der Waals surface area (Å²) < 4.78 is 12.9. The minimum atomic E-state index is -0.337. The molecule has 5 aromatic rings. The zero-order valence-corrected chi connectivity index (χ0v) is 28.1. The summed E-state index contributed by atoms with van der Waals surface area (Å²) in [6.07, 6.45) is 10.5. The van der Waals surface area contributed by atoms with Crippen molar-refractivity contribution in [3.8, 4) is 33.8 Å². The van der Waals surface area contributed by atoms with Gasteiger partial charge in [0.2, 0.25) is 0 Å². The van der Waals surface area contributed by atoms with Crippen LogP contribution in [0.5, 0.6) is 5.75 Å². The van der Waals surface area contributed by atoms with Crippen LogP contribution in [0.25, 0.3) is 28.1 Å². The number of imidazole rings is 1. The van der Waals surface area contributed by atoms with Gasteiger partial charge in [-0.05, 0) is 77.6 Å². The maximum absolute atomic E-state index is 11.7. The number of carbonyl (C=O) groups is 1. The third-order valence-electron chi connectivity index (χ3n) is 8.80. The number of carbonyl (C=O) groups excluding carboxylic acids is 1. The van der Waals surface area contributed by atoms with Gasteiger partial charge >= 0.3 is 5.97 Å². The van der Waals surface area contributed by atoms with Gasteiger partial charge in [0.25, 0.3) is 0 Å². The molecule has 8 heteroatoms. The lowest BCUT2D eigenvalue weighted by atomic mass is 9.87. The standard InChI is InChI=1S/C39H39Cl2N3O3/c1-46-39(45)25-42-32-8-5-9-33(24-32)44-26-37(35-19-16-31(40)23-36(35)41)43-38(44)22-28-10-12-29(13-11-28)30-14-17-34(18-15-30)47-21-20-27-6-3-2-4-7-27/h5,8-19,23-24,26-27,42H,2-4,6-7,20-22,25H2,1H3. The molecule has 0 aliphatic heterocycles. The van der Waals surface area contributed by atoms with Crippen molar-refractivity contribution >= 4 is 34.9 Å². The second kappa shape index (κ2) is 15.6. The molecule has 0 bridgehead atoms. The second-order valence-electron chi connectivity index (χ2n) is 12.1. The average molecular weight is 669 g/mol. The fourth-order valence-electron chi connectivity index (χ4n) is 6.17. The van der Waals surface area contributed by atoms with Crippen molar-refractivity contribution < 1.29 is 14.3 Å². The first-order chi connectivity index (χ1) is 22.9. The van der Waals surface area contributed by atoms with Gasteiger partial charge in [0.05, 0.1) is 24.4 Å². The number of nitrogens with one attached hydrogen (secondary N) is 1. The van der Waals surface area contributed by atoms with Gasteiger partial charge in [0.1, 0.15) is 18.1 Å². The molecule has 1 aliphatic rings. The Morgan fingerprint density at radius 1 is 0.915 bits per heavy atom. The Bertz CT molecular complexity index is 1800. The highest BCUT2D eigenvalue weighted by molar-refractivity contribution is 6.36. The lowest BCUT2D eigenvalue weighted by molar-refractivity contribution is -0.138. The first kappa shape index (κ1) is 32.7. The molecule has 1 saturated carbocycles. The van der Waals surface area contributed by atoms with Crippen LogP contribution in [-0.2, 0) is 16.0 Å². The Morgan fingerprint density at radius 3 is 2.38 bits per heavy atom. The number of nitrogens with zero attached hydrogens (tertiary/aromatic N) is 2. The summed E-state index contributed by atoms with van der Waals surface area (Å²) in [5.74, 6) is 2.25. The van der Waals surface area contributed by atoms with Crippen molar-refractivity contribution in [1.82, 2.24) is 9.55 Å². The van der Waals surface area contributed by atoms with Crippen LogP contribution >= 0.6 is 23.2 Å². The SMILES string of the molecule is COC(=O)CNc1cccc(-n2cc(-c3ccc(Cl)cc3Cl)nc2Cc2ccc(-c3ccc(OCCC4CCCCC4)cc3)cc2)c1. The lowest BCUT2D eigenvalue weighted by Gasteiger charge is -2.21. The summed E-state index contributed by atoms with van der Waals surface area (Å²) in [5, 5.41) is 4.23. The Labute approximate surface area is 286 Å². The van der Waals surface area contributed by atoms with E-state index in [1.807, 2.05) is 42.6 Å². The van der Waals surface area contributed by atoms with Crippen LogP contribution in [0.15, 0.2) is 97.2 Å². The molecule has 4 aromatic carbocycles. The van der Waals surface area contributed by atoms with E-state index in [0.717, 1.165) is 69.8 Å². The third kappa shape index (κ3) is 8.56. The lowest BCUT2D eigenvalue weighted by Crippen LogP contribution is -2.15. The van der Waals surface area contributed by atoms with Gasteiger partial charge in [-0.15, -0.1) is 0 Å². The predicted octanol–water partition coefficient (Wildman–Crippen LogP) is 10.0. The fourth-order valence-corrected chi connectivity index (χ4v) is 6.67. The molecule has 6 nitrogen and oxygen atoms in total. The minimum Gasteiger partial charge on any atom is -0.494 e. The molecule has 47 heavy (non-hydrogen) atoms. The summed E-state index contributed by atoms with van der Waals surface area (Å²) in [6.45, 7) is 0.861. The fraction of sp³-hybridized carbons (Fsp3) is 0.282. The molecule has 242 valence electrons. The van der Waals surface area contributed by atoms with Crippen LogP contribution in [0, 0.1) is 5.92 Å². The minimum absolute atomic E-state index is 0.0743. The van der Waals surface area contributed by atoms with Crippen molar-refractivity contribution in [3.05, 3.63) is 119 Å². The molecule has 0 spiro atoms. The number of anilines is 1. The van der Waals surface area contributed by atoms with Gasteiger partial charge in [-0.2, -0.15) is 0 Å². The smallest absolute Gasteiger partial charge is 0.325 e. The maximum Gasteiger partial charge on any atom is 0.325 e. The number of hydrogen-bond donors (Lipinski definition) is 1. The number of hydrogen-bond acceptors (Lipinski definition) is 5. The van der Waals surface area contributed by atoms with E-state index < -0.39 is 0 Å². The van der Waals surface area contributed by atoms with Crippen LogP contribution in [0.3, 0.4) is 0 Å². The Kier molecular flexibility index (Phi) is 10.8. The largest absolute Gasteiger partial charge is 0.494 e. The number of ether oxygens (including phenoxy) is 2. The molecule has 1 aliphatic carbocycles. The van der Waals surface area contributed by atoms with E-state index in [1.54, 1.807) is 6.07 Å². The van der Waals surface area contributed by atoms with Crippen LogP contribution in [-0.4, -0.2) is 35.8 Å². The zero-order valence-electron chi connectivity index (χ0n) is 26.6. The molecule has 0 atom stereocenters. The van der Waals surface area contributed by atoms with Crippen molar-refractivity contribution in [1.29, 1.82) is 0 Å². The van der Waals surface area contributed by atoms with E-state index in [2.05, 4.69) is 58.4 Å². The van der Waals surface area contributed by atoms with E-state index in [4.69, 9.17) is 37.7 Å². The Morgan fingerprint density at radius 2 is 1.66 bits per heavy atom. The molecule has 1 fully saturated rings. The predicted molar refractivity (Wildman–Crippen MR) is 191 cm³/mol. The molecule has 0 radical (unpaired) electrons. The molecule has 1 N–H and O–H groups in total. The summed E-state index contributed by atoms with van der Waals surface area (Å²) in [7, 11) is 1.37. The van der Waals surface area contributed by atoms with Gasteiger partial charge in [0.15, 0.2) is 0 Å². The summed E-state index contributed by atoms with van der Waals surface area (Å²) >= 11 is 12.8. The monoisotopic (exact) mass is 667 g/mol. The van der Waals surface area contributed by atoms with Crippen molar-refractivity contribution in [2.75, 3.05) is 25.6 Å². The molecular weight excluding hydrogens is 629 g/mol. The average Bonchev–Trinajstić information content (AvgIpc) is 3.51. The molecular formula is C39H39Cl2N3O3. The van der Waals surface area contributed by atoms with Crippen LogP contribution < -0.4 is 10.1 Å². The first-order valence-corrected chi connectivity index (χ1v) is 17.0. The molecule has 0 unspecified atom stereocenters. The molecule has 0 saturated heterocycles. The van der Waals surface area contributed by atoms with Crippen LogP contribution in [0.1, 0.15) is 49.9 Å². The molecule has 1 aromatic heterocycles. The second-order valence-corrected chi connectivity index (χ2v) is 12.9. The number of aromatic nitrogens is 2. The van der Waals surface area contributed by atoms with E-state index >= 15 is 0 Å². The highest BCUT2D eigenvalue weighted by atomic mass is 35.5. The summed E-state index contributed by atoms with van der Waals surface area (Å²) in [4.78, 5) is 16.7. The molecule has 6 rings (SSSR count). The van der Waals surface area contributed by atoms with Crippen LogP contribution in [0.2, 0.25) is 10.0 Å². The van der Waals surface area contributed by atoms with Crippen LogP contribution in [0.4, 0.5) is 5.69 Å². The van der Waals surface area contributed by atoms with E-state index in [-0.39, 0.29) is 12.5 Å². The number of halogens is 2. The van der Waals surface area contributed by atoms with Crippen molar-refractivity contribution in [3.63, 3.8) is 0 Å². The number of esters is 1. The summed E-state index contributed by atoms with van der Waals surface area (Å²) in [5.41, 5.74) is 6.65. The van der Waals surface area contributed by atoms with Gasteiger partial charge in [-0.25, -0.2) is 4.98 Å². The first-order valence-electron chi connectivity index (χ1n) is 16.2. The number of benzene rings is 4. The molecule has 0 amide bonds. The van der Waals surface area contributed by atoms with Gasteiger partial charge in [0, 0.05) is 34.6 Å². The highest BCUT2D eigenvalue weighted by Crippen LogP contribution is 2.32. The third-order valence-corrected chi connectivity index (χ3v) is 9.35. The van der Waals surface area contributed by atoms with E-state index in [1.165, 1.54) is 39.2 Å². The normalized spacial score (nSPS) is 13.3. The highest BCUT2D eigenvalue weighted by Gasteiger charge is 2.16. The Hall–Kier alpha value is -4.26. The maximum atomic E-state index is 11.7. The quantitative estimate of drug-likeness (QED) is 0.134.